The molecule has 0 aromatic carbocycles. The van der Waals surface area contributed by atoms with Crippen molar-refractivity contribution >= 4 is 29.9 Å². The summed E-state index contributed by atoms with van der Waals surface area (Å²) in [5, 5.41) is 7.13. The van der Waals surface area contributed by atoms with Gasteiger partial charge in [-0.25, -0.2) is 0 Å². The molecule has 6 heteroatoms. The fraction of sp³-hybridized carbons (Fsp3) is 0.950. The third-order valence-electron chi connectivity index (χ3n) is 5.58. The molecule has 0 saturated carbocycles. The Bertz CT molecular complexity index is 386. The largest absolute Gasteiger partial charge is 0.356 e. The predicted molar refractivity (Wildman–Crippen MR) is 124 cm³/mol. The Kier molecular flexibility index (Phi) is 12.1. The second kappa shape index (κ2) is 13.2. The molecule has 5 nitrogen and oxygen atoms in total. The minimum atomic E-state index is 0. The topological polar surface area (TPSA) is 42.9 Å². The Labute approximate surface area is 178 Å². The Balaban J connectivity index is 0.00000338. The van der Waals surface area contributed by atoms with Crippen molar-refractivity contribution in [3.05, 3.63) is 0 Å². The van der Waals surface area contributed by atoms with Crippen LogP contribution in [0.5, 0.6) is 0 Å². The molecule has 2 atom stereocenters. The second-order valence-corrected chi connectivity index (χ2v) is 8.32. The van der Waals surface area contributed by atoms with Crippen LogP contribution >= 0.6 is 24.0 Å². The summed E-state index contributed by atoms with van der Waals surface area (Å²) in [5.41, 5.74) is 0. The number of nitrogens with one attached hydrogen (secondary N) is 2. The van der Waals surface area contributed by atoms with Crippen LogP contribution in [0.25, 0.3) is 0 Å². The van der Waals surface area contributed by atoms with Crippen molar-refractivity contribution in [1.29, 1.82) is 0 Å². The van der Waals surface area contributed by atoms with Crippen LogP contribution in [0.3, 0.4) is 0 Å². The normalized spacial score (nSPS) is 26.4. The first kappa shape index (κ1) is 24.0. The lowest BCUT2D eigenvalue weighted by Gasteiger charge is -2.35. The lowest BCUT2D eigenvalue weighted by atomic mass is 9.92. The number of rotatable bonds is 7. The van der Waals surface area contributed by atoms with E-state index in [2.05, 4.69) is 46.2 Å². The fourth-order valence-corrected chi connectivity index (χ4v) is 4.49. The maximum atomic E-state index is 4.41. The van der Waals surface area contributed by atoms with Gasteiger partial charge in [0.1, 0.15) is 0 Å². The van der Waals surface area contributed by atoms with Gasteiger partial charge in [0, 0.05) is 45.8 Å². The minimum Gasteiger partial charge on any atom is -0.356 e. The monoisotopic (exact) mass is 479 g/mol. The molecule has 2 saturated heterocycles. The zero-order valence-corrected chi connectivity index (χ0v) is 19.8. The van der Waals surface area contributed by atoms with Gasteiger partial charge in [-0.2, -0.15) is 0 Å². The fourth-order valence-electron chi connectivity index (χ4n) is 4.49. The van der Waals surface area contributed by atoms with Crippen LogP contribution in [0.4, 0.5) is 0 Å². The van der Waals surface area contributed by atoms with Crippen molar-refractivity contribution in [3.8, 4) is 0 Å². The quantitative estimate of drug-likeness (QED) is 0.255. The summed E-state index contributed by atoms with van der Waals surface area (Å²) >= 11 is 0. The maximum absolute atomic E-state index is 4.41. The van der Waals surface area contributed by atoms with E-state index in [1.807, 2.05) is 7.05 Å². The van der Waals surface area contributed by atoms with Gasteiger partial charge in [-0.05, 0) is 57.0 Å². The molecule has 2 fully saturated rings. The van der Waals surface area contributed by atoms with E-state index in [9.17, 15) is 0 Å². The Hall–Kier alpha value is -0.0800. The van der Waals surface area contributed by atoms with Crippen molar-refractivity contribution in [2.24, 2.45) is 16.8 Å². The van der Waals surface area contributed by atoms with Crippen LogP contribution in [-0.2, 0) is 0 Å². The minimum absolute atomic E-state index is 0. The SMILES string of the molecule is CCCN1CCC(NC(=NC)NCCCN2CC(C)CC(C)C2)CC1.I. The third-order valence-corrected chi connectivity index (χ3v) is 5.58. The summed E-state index contributed by atoms with van der Waals surface area (Å²) < 4.78 is 0. The Morgan fingerprint density at radius 2 is 1.69 bits per heavy atom. The summed E-state index contributed by atoms with van der Waals surface area (Å²) in [6, 6.07) is 0.572. The zero-order chi connectivity index (χ0) is 18.1. The molecule has 2 aliphatic rings. The van der Waals surface area contributed by atoms with Gasteiger partial charge >= 0.3 is 0 Å². The standard InChI is InChI=1S/C20H41N5.HI/c1-5-10-24-12-7-19(8-13-24)23-20(21-4)22-9-6-11-25-15-17(2)14-18(3)16-25;/h17-19H,5-16H2,1-4H3,(H2,21,22,23);1H. The third kappa shape index (κ3) is 8.74. The molecule has 2 aliphatic heterocycles. The number of piperidine rings is 2. The van der Waals surface area contributed by atoms with Crippen molar-refractivity contribution in [3.63, 3.8) is 0 Å². The molecule has 2 unspecified atom stereocenters. The van der Waals surface area contributed by atoms with Crippen LogP contribution in [0, 0.1) is 11.8 Å². The highest BCUT2D eigenvalue weighted by atomic mass is 127. The molecule has 0 amide bonds. The van der Waals surface area contributed by atoms with Crippen LogP contribution in [0.1, 0.15) is 52.9 Å². The summed E-state index contributed by atoms with van der Waals surface area (Å²) in [6.45, 7) is 15.5. The average Bonchev–Trinajstić information content (AvgIpc) is 2.58. The average molecular weight is 479 g/mol. The van der Waals surface area contributed by atoms with Crippen LogP contribution < -0.4 is 10.6 Å². The molecular formula is C20H42IN5. The molecule has 0 spiro atoms. The van der Waals surface area contributed by atoms with E-state index < -0.39 is 0 Å². The molecule has 0 aromatic heterocycles. The van der Waals surface area contributed by atoms with E-state index in [-0.39, 0.29) is 24.0 Å². The Morgan fingerprint density at radius 1 is 1.04 bits per heavy atom. The van der Waals surface area contributed by atoms with E-state index in [1.54, 1.807) is 0 Å². The first-order valence-corrected chi connectivity index (χ1v) is 10.5. The van der Waals surface area contributed by atoms with Crippen molar-refractivity contribution < 1.29 is 0 Å². The summed E-state index contributed by atoms with van der Waals surface area (Å²) in [5.74, 6) is 2.68. The number of likely N-dealkylation sites (tertiary alicyclic amines) is 2. The number of halogens is 1. The van der Waals surface area contributed by atoms with E-state index in [1.165, 1.54) is 71.4 Å². The first-order valence-electron chi connectivity index (χ1n) is 10.5. The zero-order valence-electron chi connectivity index (χ0n) is 17.5. The summed E-state index contributed by atoms with van der Waals surface area (Å²) in [7, 11) is 1.88. The molecule has 0 radical (unpaired) electrons. The number of hydrogen-bond donors (Lipinski definition) is 2. The number of guanidine groups is 1. The van der Waals surface area contributed by atoms with Crippen LogP contribution in [0.2, 0.25) is 0 Å². The number of nitrogens with zero attached hydrogens (tertiary/aromatic N) is 3. The van der Waals surface area contributed by atoms with Crippen molar-refractivity contribution in [1.82, 2.24) is 20.4 Å². The molecule has 0 aromatic rings. The lowest BCUT2D eigenvalue weighted by Crippen LogP contribution is -2.49. The molecule has 2 rings (SSSR count). The van der Waals surface area contributed by atoms with Crippen LogP contribution in [-0.4, -0.2) is 74.7 Å². The second-order valence-electron chi connectivity index (χ2n) is 8.32. The molecule has 0 aliphatic carbocycles. The van der Waals surface area contributed by atoms with Gasteiger partial charge in [-0.1, -0.05) is 20.8 Å². The highest BCUT2D eigenvalue weighted by Crippen LogP contribution is 2.20. The van der Waals surface area contributed by atoms with Crippen molar-refractivity contribution in [2.75, 3.05) is 52.9 Å². The van der Waals surface area contributed by atoms with Crippen LogP contribution in [0.15, 0.2) is 4.99 Å². The van der Waals surface area contributed by atoms with Gasteiger partial charge < -0.3 is 20.4 Å². The van der Waals surface area contributed by atoms with Gasteiger partial charge in [0.15, 0.2) is 5.96 Å². The smallest absolute Gasteiger partial charge is 0.191 e. The molecule has 0 bridgehead atoms. The van der Waals surface area contributed by atoms with Gasteiger partial charge in [-0.3, -0.25) is 4.99 Å². The molecule has 26 heavy (non-hydrogen) atoms. The van der Waals surface area contributed by atoms with E-state index in [0.29, 0.717) is 6.04 Å². The molecule has 2 N–H and O–H groups in total. The predicted octanol–water partition coefficient (Wildman–Crippen LogP) is 3.01. The lowest BCUT2D eigenvalue weighted by molar-refractivity contribution is 0.140. The highest BCUT2D eigenvalue weighted by Gasteiger charge is 2.21. The molecule has 154 valence electrons. The maximum Gasteiger partial charge on any atom is 0.191 e. The first-order chi connectivity index (χ1) is 12.1. The van der Waals surface area contributed by atoms with E-state index >= 15 is 0 Å². The van der Waals surface area contributed by atoms with E-state index in [4.69, 9.17) is 0 Å². The number of aliphatic imine (C=N–C) groups is 1. The Morgan fingerprint density at radius 3 is 2.27 bits per heavy atom. The highest BCUT2D eigenvalue weighted by molar-refractivity contribution is 14.0. The molecular weight excluding hydrogens is 437 g/mol. The van der Waals surface area contributed by atoms with Crippen molar-refractivity contribution in [2.45, 2.75) is 58.9 Å². The van der Waals surface area contributed by atoms with Gasteiger partial charge in [0.05, 0.1) is 0 Å². The summed E-state index contributed by atoms with van der Waals surface area (Å²) in [6.07, 6.45) is 6.29. The summed E-state index contributed by atoms with van der Waals surface area (Å²) in [4.78, 5) is 9.63. The van der Waals surface area contributed by atoms with Gasteiger partial charge in [0.25, 0.3) is 0 Å². The molecule has 2 heterocycles. The van der Waals surface area contributed by atoms with Gasteiger partial charge in [-0.15, -0.1) is 24.0 Å². The van der Waals surface area contributed by atoms with E-state index in [0.717, 1.165) is 24.3 Å². The van der Waals surface area contributed by atoms with Gasteiger partial charge in [0.2, 0.25) is 0 Å². The number of hydrogen-bond acceptors (Lipinski definition) is 3.